The average Bonchev–Trinajstić information content (AvgIpc) is 2.70. The SMILES string of the molecule is Cc1c(NC(=O)OC(C)(C)C)cnn1-c1ccccc1. The van der Waals surface area contributed by atoms with E-state index in [1.807, 2.05) is 58.0 Å². The number of benzene rings is 1. The summed E-state index contributed by atoms with van der Waals surface area (Å²) < 4.78 is 7.00. The Bertz CT molecular complexity index is 597. The van der Waals surface area contributed by atoms with Gasteiger partial charge in [0.15, 0.2) is 0 Å². The lowest BCUT2D eigenvalue weighted by atomic mass is 10.2. The van der Waals surface area contributed by atoms with Gasteiger partial charge in [-0.2, -0.15) is 5.10 Å². The summed E-state index contributed by atoms with van der Waals surface area (Å²) in [6, 6.07) is 9.74. The van der Waals surface area contributed by atoms with Crippen molar-refractivity contribution in [2.45, 2.75) is 33.3 Å². The summed E-state index contributed by atoms with van der Waals surface area (Å²) in [5, 5.41) is 6.99. The molecule has 0 spiro atoms. The molecule has 1 aromatic heterocycles. The van der Waals surface area contributed by atoms with Crippen LogP contribution in [-0.2, 0) is 4.74 Å². The second-order valence-corrected chi connectivity index (χ2v) is 5.52. The van der Waals surface area contributed by atoms with Crippen LogP contribution in [0.2, 0.25) is 0 Å². The van der Waals surface area contributed by atoms with Crippen molar-refractivity contribution in [3.63, 3.8) is 0 Å². The van der Waals surface area contributed by atoms with E-state index in [0.717, 1.165) is 11.4 Å². The first kappa shape index (κ1) is 14.1. The molecule has 2 aromatic rings. The average molecular weight is 273 g/mol. The van der Waals surface area contributed by atoms with Crippen molar-refractivity contribution in [2.24, 2.45) is 0 Å². The van der Waals surface area contributed by atoms with Gasteiger partial charge in [0.25, 0.3) is 0 Å². The van der Waals surface area contributed by atoms with E-state index < -0.39 is 11.7 Å². The van der Waals surface area contributed by atoms with Gasteiger partial charge in [0.2, 0.25) is 0 Å². The second-order valence-electron chi connectivity index (χ2n) is 5.52. The lowest BCUT2D eigenvalue weighted by molar-refractivity contribution is 0.0636. The van der Waals surface area contributed by atoms with Crippen molar-refractivity contribution in [2.75, 3.05) is 5.32 Å². The first-order valence-electron chi connectivity index (χ1n) is 6.47. The van der Waals surface area contributed by atoms with Gasteiger partial charge in [-0.1, -0.05) is 18.2 Å². The topological polar surface area (TPSA) is 56.1 Å². The maximum Gasteiger partial charge on any atom is 0.412 e. The highest BCUT2D eigenvalue weighted by atomic mass is 16.6. The third-order valence-corrected chi connectivity index (χ3v) is 2.65. The van der Waals surface area contributed by atoms with Crippen LogP contribution in [0.15, 0.2) is 36.5 Å². The van der Waals surface area contributed by atoms with Gasteiger partial charge < -0.3 is 4.74 Å². The van der Waals surface area contributed by atoms with Crippen molar-refractivity contribution in [1.29, 1.82) is 0 Å². The van der Waals surface area contributed by atoms with Crippen molar-refractivity contribution >= 4 is 11.8 Å². The van der Waals surface area contributed by atoms with E-state index in [1.54, 1.807) is 10.9 Å². The number of nitrogens with one attached hydrogen (secondary N) is 1. The number of nitrogens with zero attached hydrogens (tertiary/aromatic N) is 2. The highest BCUT2D eigenvalue weighted by molar-refractivity contribution is 5.85. The summed E-state index contributed by atoms with van der Waals surface area (Å²) in [5.74, 6) is 0. The zero-order valence-electron chi connectivity index (χ0n) is 12.2. The molecule has 0 fully saturated rings. The molecule has 1 N–H and O–H groups in total. The lowest BCUT2D eigenvalue weighted by Gasteiger charge is -2.19. The summed E-state index contributed by atoms with van der Waals surface area (Å²) in [7, 11) is 0. The standard InChI is InChI=1S/C15H19N3O2/c1-11-13(17-14(19)20-15(2,3)4)10-16-18(11)12-8-6-5-7-9-12/h5-10H,1-4H3,(H,17,19). The predicted molar refractivity (Wildman–Crippen MR) is 78.2 cm³/mol. The van der Waals surface area contributed by atoms with Gasteiger partial charge in [-0.25, -0.2) is 9.48 Å². The number of hydrogen-bond acceptors (Lipinski definition) is 3. The monoisotopic (exact) mass is 273 g/mol. The van der Waals surface area contributed by atoms with Crippen LogP contribution in [0, 0.1) is 6.92 Å². The number of carbonyl (C=O) groups is 1. The Morgan fingerprint density at radius 3 is 2.50 bits per heavy atom. The molecular weight excluding hydrogens is 254 g/mol. The Morgan fingerprint density at radius 1 is 1.25 bits per heavy atom. The number of aromatic nitrogens is 2. The summed E-state index contributed by atoms with van der Waals surface area (Å²) >= 11 is 0. The molecule has 1 aromatic carbocycles. The van der Waals surface area contributed by atoms with E-state index in [9.17, 15) is 4.79 Å². The van der Waals surface area contributed by atoms with Gasteiger partial charge in [-0.05, 0) is 39.8 Å². The third-order valence-electron chi connectivity index (χ3n) is 2.65. The van der Waals surface area contributed by atoms with Gasteiger partial charge >= 0.3 is 6.09 Å². The summed E-state index contributed by atoms with van der Waals surface area (Å²) in [4.78, 5) is 11.8. The molecule has 0 aliphatic carbocycles. The molecule has 0 aliphatic rings. The van der Waals surface area contributed by atoms with Crippen LogP contribution in [0.1, 0.15) is 26.5 Å². The molecule has 1 heterocycles. The van der Waals surface area contributed by atoms with Crippen LogP contribution >= 0.6 is 0 Å². The second kappa shape index (κ2) is 5.36. The maximum absolute atomic E-state index is 11.8. The fraction of sp³-hybridized carbons (Fsp3) is 0.333. The van der Waals surface area contributed by atoms with Gasteiger partial charge in [0.05, 0.1) is 23.3 Å². The number of rotatable bonds is 2. The fourth-order valence-electron chi connectivity index (χ4n) is 1.78. The van der Waals surface area contributed by atoms with E-state index in [1.165, 1.54) is 0 Å². The largest absolute Gasteiger partial charge is 0.444 e. The van der Waals surface area contributed by atoms with E-state index in [-0.39, 0.29) is 0 Å². The molecule has 2 rings (SSSR count). The number of carbonyl (C=O) groups excluding carboxylic acids is 1. The summed E-state index contributed by atoms with van der Waals surface area (Å²) in [5.41, 5.74) is 1.92. The molecule has 0 unspecified atom stereocenters. The van der Waals surface area contributed by atoms with Crippen molar-refractivity contribution < 1.29 is 9.53 Å². The molecule has 0 atom stereocenters. The smallest absolute Gasteiger partial charge is 0.412 e. The molecule has 0 saturated carbocycles. The quantitative estimate of drug-likeness (QED) is 0.910. The van der Waals surface area contributed by atoms with Crippen LogP contribution < -0.4 is 5.32 Å². The number of ether oxygens (including phenoxy) is 1. The molecule has 5 nitrogen and oxygen atoms in total. The Morgan fingerprint density at radius 2 is 1.90 bits per heavy atom. The molecule has 106 valence electrons. The van der Waals surface area contributed by atoms with Crippen LogP contribution in [0.4, 0.5) is 10.5 Å². The van der Waals surface area contributed by atoms with Gasteiger partial charge in [-0.3, -0.25) is 5.32 Å². The molecule has 1 amide bonds. The van der Waals surface area contributed by atoms with Gasteiger partial charge in [-0.15, -0.1) is 0 Å². The predicted octanol–water partition coefficient (Wildman–Crippen LogP) is 3.53. The molecule has 0 radical (unpaired) electrons. The van der Waals surface area contributed by atoms with Crippen molar-refractivity contribution in [1.82, 2.24) is 9.78 Å². The van der Waals surface area contributed by atoms with E-state index in [4.69, 9.17) is 4.74 Å². The normalized spacial score (nSPS) is 11.2. The van der Waals surface area contributed by atoms with Crippen molar-refractivity contribution in [3.8, 4) is 5.69 Å². The zero-order valence-corrected chi connectivity index (χ0v) is 12.2. The van der Waals surface area contributed by atoms with Crippen LogP contribution in [0.25, 0.3) is 5.69 Å². The fourth-order valence-corrected chi connectivity index (χ4v) is 1.78. The Balaban J connectivity index is 2.16. The highest BCUT2D eigenvalue weighted by Crippen LogP contribution is 2.19. The molecule has 5 heteroatoms. The summed E-state index contributed by atoms with van der Waals surface area (Å²) in [6.07, 6.45) is 1.14. The first-order chi connectivity index (χ1) is 9.37. The van der Waals surface area contributed by atoms with Crippen LogP contribution in [-0.4, -0.2) is 21.5 Å². The molecular formula is C15H19N3O2. The number of hydrogen-bond donors (Lipinski definition) is 1. The Labute approximate surface area is 118 Å². The highest BCUT2D eigenvalue weighted by Gasteiger charge is 2.18. The lowest BCUT2D eigenvalue weighted by Crippen LogP contribution is -2.27. The molecule has 0 aliphatic heterocycles. The Hall–Kier alpha value is -2.30. The minimum Gasteiger partial charge on any atom is -0.444 e. The Kier molecular flexibility index (Phi) is 3.79. The van der Waals surface area contributed by atoms with Crippen LogP contribution in [0.3, 0.4) is 0 Å². The zero-order chi connectivity index (χ0) is 14.8. The van der Waals surface area contributed by atoms with Crippen LogP contribution in [0.5, 0.6) is 0 Å². The van der Waals surface area contributed by atoms with E-state index in [2.05, 4.69) is 10.4 Å². The molecule has 0 saturated heterocycles. The van der Waals surface area contributed by atoms with E-state index in [0.29, 0.717) is 5.69 Å². The number of anilines is 1. The van der Waals surface area contributed by atoms with Gasteiger partial charge in [0.1, 0.15) is 5.60 Å². The molecule has 0 bridgehead atoms. The van der Waals surface area contributed by atoms with E-state index >= 15 is 0 Å². The number of amides is 1. The minimum atomic E-state index is -0.520. The van der Waals surface area contributed by atoms with Crippen molar-refractivity contribution in [3.05, 3.63) is 42.2 Å². The summed E-state index contributed by atoms with van der Waals surface area (Å²) in [6.45, 7) is 7.37. The third kappa shape index (κ3) is 3.38. The first-order valence-corrected chi connectivity index (χ1v) is 6.47. The number of para-hydroxylation sites is 1. The molecule has 20 heavy (non-hydrogen) atoms. The van der Waals surface area contributed by atoms with Gasteiger partial charge in [0, 0.05) is 0 Å². The minimum absolute atomic E-state index is 0.479. The maximum atomic E-state index is 11.8.